The van der Waals surface area contributed by atoms with Gasteiger partial charge in [-0.2, -0.15) is 11.8 Å². The highest BCUT2D eigenvalue weighted by atomic mass is 32.2. The molecule has 2 unspecified atom stereocenters. The lowest BCUT2D eigenvalue weighted by atomic mass is 10.1. The van der Waals surface area contributed by atoms with E-state index >= 15 is 0 Å². The van der Waals surface area contributed by atoms with Crippen LogP contribution in [0.2, 0.25) is 0 Å². The lowest BCUT2D eigenvalue weighted by Gasteiger charge is -2.29. The number of carbonyl (C=O) groups excluding carboxylic acids is 1. The molecule has 0 saturated carbocycles. The van der Waals surface area contributed by atoms with Crippen LogP contribution in [0.15, 0.2) is 0 Å². The zero-order valence-electron chi connectivity index (χ0n) is 10.7. The molecule has 6 heteroatoms. The molecule has 0 aromatic heterocycles. The number of thioether (sulfide) groups is 1. The fourth-order valence-electron chi connectivity index (χ4n) is 1.54. The maximum Gasteiger partial charge on any atom is 0.303 e. The number of carbonyl (C=O) groups is 2. The number of aliphatic carboxylic acids is 1. The average Bonchev–Trinajstić information content (AvgIpc) is 2.31. The smallest absolute Gasteiger partial charge is 0.303 e. The number of nitrogens with two attached hydrogens (primary N) is 1. The summed E-state index contributed by atoms with van der Waals surface area (Å²) in [5.41, 5.74) is 5.69. The molecule has 0 saturated heterocycles. The van der Waals surface area contributed by atoms with Crippen molar-refractivity contribution >= 4 is 23.6 Å². The van der Waals surface area contributed by atoms with Crippen LogP contribution in [0.25, 0.3) is 0 Å². The molecule has 0 bridgehead atoms. The van der Waals surface area contributed by atoms with Crippen LogP contribution < -0.4 is 5.73 Å². The summed E-state index contributed by atoms with van der Waals surface area (Å²) in [6.07, 6.45) is 2.98. The first-order valence-electron chi connectivity index (χ1n) is 5.67. The Morgan fingerprint density at radius 3 is 2.47 bits per heavy atom. The SMILES string of the molecule is CCC(CSC)N(C)C(=O)C(N)CCC(=O)O. The van der Waals surface area contributed by atoms with E-state index in [0.29, 0.717) is 0 Å². The molecular weight excluding hydrogens is 240 g/mol. The predicted molar refractivity (Wildman–Crippen MR) is 70.1 cm³/mol. The first-order chi connectivity index (χ1) is 7.93. The van der Waals surface area contributed by atoms with Crippen LogP contribution in [-0.2, 0) is 9.59 Å². The average molecular weight is 262 g/mol. The molecule has 2 atom stereocenters. The van der Waals surface area contributed by atoms with Crippen molar-refractivity contribution in [3.8, 4) is 0 Å². The third kappa shape index (κ3) is 5.93. The van der Waals surface area contributed by atoms with Crippen molar-refractivity contribution in [1.29, 1.82) is 0 Å². The van der Waals surface area contributed by atoms with E-state index in [1.54, 1.807) is 23.7 Å². The van der Waals surface area contributed by atoms with E-state index in [1.165, 1.54) is 0 Å². The quantitative estimate of drug-likeness (QED) is 0.675. The maximum atomic E-state index is 11.9. The fourth-order valence-corrected chi connectivity index (χ4v) is 2.38. The summed E-state index contributed by atoms with van der Waals surface area (Å²) < 4.78 is 0. The minimum absolute atomic E-state index is 0.0694. The van der Waals surface area contributed by atoms with Crippen molar-refractivity contribution in [3.63, 3.8) is 0 Å². The number of amides is 1. The Balaban J connectivity index is 4.30. The van der Waals surface area contributed by atoms with E-state index < -0.39 is 12.0 Å². The van der Waals surface area contributed by atoms with Crippen molar-refractivity contribution in [2.75, 3.05) is 19.1 Å². The second kappa shape index (κ2) is 8.36. The van der Waals surface area contributed by atoms with Gasteiger partial charge in [0.05, 0.1) is 6.04 Å². The third-order valence-corrected chi connectivity index (χ3v) is 3.43. The lowest BCUT2D eigenvalue weighted by Crippen LogP contribution is -2.47. The van der Waals surface area contributed by atoms with Crippen LogP contribution in [0.3, 0.4) is 0 Å². The van der Waals surface area contributed by atoms with Gasteiger partial charge in [-0.15, -0.1) is 0 Å². The summed E-state index contributed by atoms with van der Waals surface area (Å²) in [6, 6.07) is -0.555. The second-order valence-corrected chi connectivity index (χ2v) is 4.92. The van der Waals surface area contributed by atoms with Crippen molar-refractivity contribution < 1.29 is 14.7 Å². The Hall–Kier alpha value is -0.750. The number of rotatable bonds is 8. The van der Waals surface area contributed by atoms with Gasteiger partial charge in [-0.1, -0.05) is 6.92 Å². The molecule has 0 heterocycles. The molecule has 0 rings (SSSR count). The maximum absolute atomic E-state index is 11.9. The van der Waals surface area contributed by atoms with Gasteiger partial charge in [-0.3, -0.25) is 9.59 Å². The molecule has 0 aliphatic carbocycles. The van der Waals surface area contributed by atoms with Gasteiger partial charge in [0.1, 0.15) is 0 Å². The Labute approximate surface area is 107 Å². The number of carboxylic acid groups (broad SMARTS) is 1. The van der Waals surface area contributed by atoms with Gasteiger partial charge in [0.15, 0.2) is 0 Å². The van der Waals surface area contributed by atoms with E-state index in [0.717, 1.165) is 12.2 Å². The van der Waals surface area contributed by atoms with Gasteiger partial charge in [0.2, 0.25) is 5.91 Å². The molecule has 0 aliphatic heterocycles. The van der Waals surface area contributed by atoms with Crippen LogP contribution in [-0.4, -0.2) is 53.0 Å². The summed E-state index contributed by atoms with van der Waals surface area (Å²) in [5, 5.41) is 8.54. The normalized spacial score (nSPS) is 14.1. The molecule has 0 radical (unpaired) electrons. The monoisotopic (exact) mass is 262 g/mol. The van der Waals surface area contributed by atoms with Crippen LogP contribution in [0.4, 0.5) is 0 Å². The number of hydrogen-bond donors (Lipinski definition) is 2. The molecule has 0 aromatic carbocycles. The molecule has 0 aromatic rings. The van der Waals surface area contributed by atoms with Crippen molar-refractivity contribution in [1.82, 2.24) is 4.90 Å². The van der Waals surface area contributed by atoms with Gasteiger partial charge >= 0.3 is 5.97 Å². The number of hydrogen-bond acceptors (Lipinski definition) is 4. The zero-order chi connectivity index (χ0) is 13.4. The zero-order valence-corrected chi connectivity index (χ0v) is 11.5. The summed E-state index contributed by atoms with van der Waals surface area (Å²) >= 11 is 1.68. The van der Waals surface area contributed by atoms with Gasteiger partial charge in [-0.25, -0.2) is 0 Å². The van der Waals surface area contributed by atoms with Crippen molar-refractivity contribution in [3.05, 3.63) is 0 Å². The van der Waals surface area contributed by atoms with Crippen LogP contribution in [0.5, 0.6) is 0 Å². The molecule has 5 nitrogen and oxygen atoms in total. The van der Waals surface area contributed by atoms with Crippen LogP contribution in [0, 0.1) is 0 Å². The minimum atomic E-state index is -0.924. The van der Waals surface area contributed by atoms with E-state index in [4.69, 9.17) is 10.8 Å². The van der Waals surface area contributed by atoms with Gasteiger partial charge < -0.3 is 15.7 Å². The Morgan fingerprint density at radius 2 is 2.06 bits per heavy atom. The Kier molecular flexibility index (Phi) is 7.99. The van der Waals surface area contributed by atoms with Crippen LogP contribution in [0.1, 0.15) is 26.2 Å². The molecule has 1 amide bonds. The van der Waals surface area contributed by atoms with E-state index in [-0.39, 0.29) is 24.8 Å². The largest absolute Gasteiger partial charge is 0.481 e. The van der Waals surface area contributed by atoms with Crippen LogP contribution >= 0.6 is 11.8 Å². The standard InChI is InChI=1S/C11H22N2O3S/c1-4-8(7-17-3)13(2)11(16)9(12)5-6-10(14)15/h8-9H,4-7,12H2,1-3H3,(H,14,15). The second-order valence-electron chi connectivity index (χ2n) is 4.01. The number of likely N-dealkylation sites (N-methyl/N-ethyl adjacent to an activating group) is 1. The predicted octanol–water partition coefficient (Wildman–Crippen LogP) is 0.778. The first-order valence-corrected chi connectivity index (χ1v) is 7.06. The van der Waals surface area contributed by atoms with E-state index in [1.807, 2.05) is 13.2 Å². The highest BCUT2D eigenvalue weighted by Crippen LogP contribution is 2.10. The third-order valence-electron chi connectivity index (χ3n) is 2.71. The summed E-state index contributed by atoms with van der Waals surface area (Å²) in [5.74, 6) is -0.232. The molecular formula is C11H22N2O3S. The number of nitrogens with zero attached hydrogens (tertiary/aromatic N) is 1. The van der Waals surface area contributed by atoms with E-state index in [2.05, 4.69) is 0 Å². The van der Waals surface area contributed by atoms with Crippen molar-refractivity contribution in [2.24, 2.45) is 5.73 Å². The summed E-state index contributed by atoms with van der Waals surface area (Å²) in [6.45, 7) is 2.02. The molecule has 0 spiro atoms. The number of carboxylic acids is 1. The Morgan fingerprint density at radius 1 is 1.47 bits per heavy atom. The first kappa shape index (κ1) is 16.2. The molecule has 3 N–H and O–H groups in total. The van der Waals surface area contributed by atoms with Gasteiger partial charge in [0.25, 0.3) is 0 Å². The van der Waals surface area contributed by atoms with Gasteiger partial charge in [0, 0.05) is 25.3 Å². The fraction of sp³-hybridized carbons (Fsp3) is 0.818. The van der Waals surface area contributed by atoms with E-state index in [9.17, 15) is 9.59 Å². The van der Waals surface area contributed by atoms with Gasteiger partial charge in [-0.05, 0) is 19.1 Å². The molecule has 17 heavy (non-hydrogen) atoms. The Bertz CT molecular complexity index is 261. The van der Waals surface area contributed by atoms with Crippen molar-refractivity contribution in [2.45, 2.75) is 38.3 Å². The highest BCUT2D eigenvalue weighted by Gasteiger charge is 2.23. The molecule has 0 fully saturated rings. The minimum Gasteiger partial charge on any atom is -0.481 e. The highest BCUT2D eigenvalue weighted by molar-refractivity contribution is 7.98. The lowest BCUT2D eigenvalue weighted by molar-refractivity contribution is -0.137. The topological polar surface area (TPSA) is 83.6 Å². The molecule has 100 valence electrons. The molecule has 0 aliphatic rings. The summed E-state index contributed by atoms with van der Waals surface area (Å²) in [7, 11) is 1.73. The summed E-state index contributed by atoms with van der Waals surface area (Å²) in [4.78, 5) is 24.0.